The molecule has 0 atom stereocenters. The van der Waals surface area contributed by atoms with Crippen LogP contribution in [0.5, 0.6) is 5.75 Å². The van der Waals surface area contributed by atoms with Crippen LogP contribution in [0.4, 0.5) is 0 Å². The predicted molar refractivity (Wildman–Crippen MR) is 67.9 cm³/mol. The van der Waals surface area contributed by atoms with E-state index < -0.39 is 0 Å². The predicted octanol–water partition coefficient (Wildman–Crippen LogP) is 0.815. The highest BCUT2D eigenvalue weighted by Crippen LogP contribution is 2.11. The Morgan fingerprint density at radius 1 is 1.39 bits per heavy atom. The van der Waals surface area contributed by atoms with E-state index in [1.807, 2.05) is 30.3 Å². The zero-order valence-electron chi connectivity index (χ0n) is 10.4. The van der Waals surface area contributed by atoms with Gasteiger partial charge in [-0.2, -0.15) is 5.26 Å². The number of benzene rings is 1. The molecule has 0 bridgehead atoms. The van der Waals surface area contributed by atoms with Crippen LogP contribution in [-0.4, -0.2) is 25.6 Å². The average molecular weight is 247 g/mol. The fraction of sp³-hybridized carbons (Fsp3) is 0.385. The quantitative estimate of drug-likeness (QED) is 0.699. The molecule has 0 radical (unpaired) electrons. The van der Waals surface area contributed by atoms with E-state index in [4.69, 9.17) is 10.00 Å². The second-order valence-electron chi connectivity index (χ2n) is 3.65. The number of carbonyl (C=O) groups excluding carboxylic acids is 1. The number of amides is 1. The van der Waals surface area contributed by atoms with Crippen molar-refractivity contribution in [2.75, 3.05) is 19.7 Å². The first-order valence-corrected chi connectivity index (χ1v) is 5.82. The summed E-state index contributed by atoms with van der Waals surface area (Å²) in [4.78, 5) is 11.2. The van der Waals surface area contributed by atoms with E-state index in [2.05, 4.69) is 17.6 Å². The summed E-state index contributed by atoms with van der Waals surface area (Å²) in [6.07, 6.45) is 0. The van der Waals surface area contributed by atoms with Crippen LogP contribution < -0.4 is 15.4 Å². The standard InChI is InChI=1S/C13H17N3O2/c1-2-15-9-11-3-5-12(6-4-11)18-10-13(17)16-8-7-14/h3-6,15H,2,8-10H2,1H3,(H,16,17). The molecule has 96 valence electrons. The second kappa shape index (κ2) is 8.09. The molecule has 0 aliphatic rings. The van der Waals surface area contributed by atoms with Crippen molar-refractivity contribution in [2.45, 2.75) is 13.5 Å². The molecule has 0 heterocycles. The molecular formula is C13H17N3O2. The molecular weight excluding hydrogens is 230 g/mol. The van der Waals surface area contributed by atoms with Crippen LogP contribution in [0, 0.1) is 11.3 Å². The molecule has 0 fully saturated rings. The summed E-state index contributed by atoms with van der Waals surface area (Å²) >= 11 is 0. The average Bonchev–Trinajstić information content (AvgIpc) is 2.41. The summed E-state index contributed by atoms with van der Waals surface area (Å²) in [5.74, 6) is 0.343. The number of nitrogens with zero attached hydrogens (tertiary/aromatic N) is 1. The lowest BCUT2D eigenvalue weighted by atomic mass is 10.2. The number of ether oxygens (including phenoxy) is 1. The largest absolute Gasteiger partial charge is 0.484 e. The van der Waals surface area contributed by atoms with Gasteiger partial charge in [0.1, 0.15) is 12.3 Å². The third-order valence-corrected chi connectivity index (χ3v) is 2.24. The van der Waals surface area contributed by atoms with Crippen molar-refractivity contribution >= 4 is 5.91 Å². The molecule has 5 nitrogen and oxygen atoms in total. The highest BCUT2D eigenvalue weighted by Gasteiger charge is 2.01. The summed E-state index contributed by atoms with van der Waals surface area (Å²) in [5.41, 5.74) is 1.16. The summed E-state index contributed by atoms with van der Waals surface area (Å²) < 4.78 is 5.28. The Morgan fingerprint density at radius 2 is 2.11 bits per heavy atom. The van der Waals surface area contributed by atoms with Crippen molar-refractivity contribution in [3.05, 3.63) is 29.8 Å². The molecule has 0 unspecified atom stereocenters. The number of hydrogen-bond acceptors (Lipinski definition) is 4. The minimum atomic E-state index is -0.298. The lowest BCUT2D eigenvalue weighted by Crippen LogP contribution is -2.29. The molecule has 0 spiro atoms. The first-order valence-electron chi connectivity index (χ1n) is 5.82. The van der Waals surface area contributed by atoms with E-state index in [0.29, 0.717) is 5.75 Å². The van der Waals surface area contributed by atoms with Gasteiger partial charge in [0.05, 0.1) is 6.07 Å². The fourth-order valence-corrected chi connectivity index (χ4v) is 1.31. The minimum absolute atomic E-state index is 0.00379. The van der Waals surface area contributed by atoms with E-state index in [1.54, 1.807) is 0 Å². The van der Waals surface area contributed by atoms with E-state index in [0.717, 1.165) is 18.7 Å². The Labute approximate surface area is 107 Å². The summed E-state index contributed by atoms with van der Waals surface area (Å²) in [5, 5.41) is 13.9. The molecule has 1 rings (SSSR count). The van der Waals surface area contributed by atoms with Crippen molar-refractivity contribution in [1.82, 2.24) is 10.6 Å². The van der Waals surface area contributed by atoms with Crippen molar-refractivity contribution in [3.8, 4) is 11.8 Å². The molecule has 18 heavy (non-hydrogen) atoms. The lowest BCUT2D eigenvalue weighted by molar-refractivity contribution is -0.122. The first-order chi connectivity index (χ1) is 8.76. The van der Waals surface area contributed by atoms with Gasteiger partial charge in [0.15, 0.2) is 6.61 Å². The molecule has 1 amide bonds. The van der Waals surface area contributed by atoms with Crippen LogP contribution in [0.15, 0.2) is 24.3 Å². The van der Waals surface area contributed by atoms with Gasteiger partial charge in [-0.25, -0.2) is 0 Å². The summed E-state index contributed by atoms with van der Waals surface area (Å²) in [7, 11) is 0. The first kappa shape index (κ1) is 14.0. The monoisotopic (exact) mass is 247 g/mol. The molecule has 5 heteroatoms. The highest BCUT2D eigenvalue weighted by atomic mass is 16.5. The molecule has 0 aliphatic carbocycles. The molecule has 0 aliphatic heterocycles. The van der Waals surface area contributed by atoms with Crippen molar-refractivity contribution < 1.29 is 9.53 Å². The van der Waals surface area contributed by atoms with E-state index in [9.17, 15) is 4.79 Å². The van der Waals surface area contributed by atoms with Gasteiger partial charge in [0.2, 0.25) is 0 Å². The van der Waals surface area contributed by atoms with Gasteiger partial charge >= 0.3 is 0 Å². The van der Waals surface area contributed by atoms with Gasteiger partial charge in [-0.05, 0) is 24.2 Å². The third kappa shape index (κ3) is 5.32. The van der Waals surface area contributed by atoms with Gasteiger partial charge in [0, 0.05) is 6.54 Å². The van der Waals surface area contributed by atoms with Crippen LogP contribution in [0.1, 0.15) is 12.5 Å². The van der Waals surface area contributed by atoms with Crippen molar-refractivity contribution in [2.24, 2.45) is 0 Å². The third-order valence-electron chi connectivity index (χ3n) is 2.24. The Hall–Kier alpha value is -2.06. The maximum absolute atomic E-state index is 11.2. The molecule has 1 aromatic carbocycles. The van der Waals surface area contributed by atoms with Crippen LogP contribution in [-0.2, 0) is 11.3 Å². The maximum Gasteiger partial charge on any atom is 0.258 e. The zero-order valence-corrected chi connectivity index (χ0v) is 10.4. The van der Waals surface area contributed by atoms with Gasteiger partial charge in [-0.3, -0.25) is 4.79 Å². The number of hydrogen-bond donors (Lipinski definition) is 2. The summed E-state index contributed by atoms with van der Waals surface area (Å²) in [6, 6.07) is 9.38. The van der Waals surface area contributed by atoms with Crippen LogP contribution >= 0.6 is 0 Å². The van der Waals surface area contributed by atoms with Gasteiger partial charge in [-0.15, -0.1) is 0 Å². The maximum atomic E-state index is 11.2. The smallest absolute Gasteiger partial charge is 0.258 e. The topological polar surface area (TPSA) is 74.2 Å². The van der Waals surface area contributed by atoms with Gasteiger partial charge < -0.3 is 15.4 Å². The molecule has 1 aromatic rings. The zero-order chi connectivity index (χ0) is 13.2. The van der Waals surface area contributed by atoms with E-state index >= 15 is 0 Å². The Balaban J connectivity index is 2.35. The van der Waals surface area contributed by atoms with E-state index in [1.165, 1.54) is 0 Å². The minimum Gasteiger partial charge on any atom is -0.484 e. The fourth-order valence-electron chi connectivity index (χ4n) is 1.31. The Morgan fingerprint density at radius 3 is 2.72 bits per heavy atom. The van der Waals surface area contributed by atoms with Crippen LogP contribution in [0.3, 0.4) is 0 Å². The highest BCUT2D eigenvalue weighted by molar-refractivity contribution is 5.77. The Bertz CT molecular complexity index is 409. The van der Waals surface area contributed by atoms with Crippen molar-refractivity contribution in [1.29, 1.82) is 5.26 Å². The van der Waals surface area contributed by atoms with Crippen LogP contribution in [0.25, 0.3) is 0 Å². The number of rotatable bonds is 7. The summed E-state index contributed by atoms with van der Waals surface area (Å²) in [6.45, 7) is 3.73. The number of carbonyl (C=O) groups is 1. The molecule has 2 N–H and O–H groups in total. The van der Waals surface area contributed by atoms with Crippen molar-refractivity contribution in [3.63, 3.8) is 0 Å². The van der Waals surface area contributed by atoms with E-state index in [-0.39, 0.29) is 19.1 Å². The molecule has 0 aromatic heterocycles. The normalized spacial score (nSPS) is 9.56. The Kier molecular flexibility index (Phi) is 6.30. The lowest BCUT2D eigenvalue weighted by Gasteiger charge is -2.07. The van der Waals surface area contributed by atoms with Gasteiger partial charge in [-0.1, -0.05) is 19.1 Å². The van der Waals surface area contributed by atoms with Gasteiger partial charge in [0.25, 0.3) is 5.91 Å². The molecule has 0 saturated carbocycles. The van der Waals surface area contributed by atoms with Crippen LogP contribution in [0.2, 0.25) is 0 Å². The second-order valence-corrected chi connectivity index (χ2v) is 3.65. The molecule has 0 saturated heterocycles. The number of nitriles is 1. The number of nitrogens with one attached hydrogen (secondary N) is 2. The SMILES string of the molecule is CCNCc1ccc(OCC(=O)NCC#N)cc1.